The molecular weight excluding hydrogens is 405 g/mol. The van der Waals surface area contributed by atoms with Crippen molar-refractivity contribution >= 4 is 41.3 Å². The largest absolute Gasteiger partial charge is 0.357 e. The third-order valence-corrected chi connectivity index (χ3v) is 4.02. The molecular formula is C17H24IN3S. The topological polar surface area (TPSA) is 36.4 Å². The normalized spacial score (nSPS) is 11.0. The van der Waals surface area contributed by atoms with E-state index in [4.69, 9.17) is 0 Å². The molecule has 3 nitrogen and oxygen atoms in total. The van der Waals surface area contributed by atoms with Gasteiger partial charge in [-0.1, -0.05) is 23.8 Å². The Balaban J connectivity index is 0.00000242. The van der Waals surface area contributed by atoms with Gasteiger partial charge in [0.05, 0.1) is 6.54 Å². The minimum atomic E-state index is 0. The number of nitrogens with one attached hydrogen (secondary N) is 2. The summed E-state index contributed by atoms with van der Waals surface area (Å²) in [6.45, 7) is 8.73. The smallest absolute Gasteiger partial charge is 0.191 e. The fourth-order valence-electron chi connectivity index (χ4n) is 2.12. The highest BCUT2D eigenvalue weighted by molar-refractivity contribution is 14.0. The van der Waals surface area contributed by atoms with Gasteiger partial charge in [0.2, 0.25) is 0 Å². The van der Waals surface area contributed by atoms with Crippen LogP contribution >= 0.6 is 35.3 Å². The average Bonchev–Trinajstić information content (AvgIpc) is 2.96. The minimum Gasteiger partial charge on any atom is -0.357 e. The molecule has 5 heteroatoms. The van der Waals surface area contributed by atoms with Gasteiger partial charge in [-0.2, -0.15) is 11.3 Å². The van der Waals surface area contributed by atoms with Crippen LogP contribution in [0, 0.1) is 13.8 Å². The van der Waals surface area contributed by atoms with Gasteiger partial charge < -0.3 is 10.6 Å². The molecule has 1 aromatic carbocycles. The Labute approximate surface area is 154 Å². The van der Waals surface area contributed by atoms with Crippen LogP contribution in [0.3, 0.4) is 0 Å². The van der Waals surface area contributed by atoms with Crippen LogP contribution in [0.4, 0.5) is 0 Å². The molecule has 1 heterocycles. The molecule has 0 aliphatic rings. The molecule has 0 atom stereocenters. The Morgan fingerprint density at radius 1 is 1.18 bits per heavy atom. The number of guanidine groups is 1. The van der Waals surface area contributed by atoms with Gasteiger partial charge in [0.1, 0.15) is 0 Å². The standard InChI is InChI=1S/C17H23N3S.HI/c1-4-18-17(19-10-15-7-8-21-12-15)20-11-16-6-5-13(2)9-14(16)3;/h5-9,12H,4,10-11H2,1-3H3,(H2,18,19,20);1H. The maximum Gasteiger partial charge on any atom is 0.191 e. The van der Waals surface area contributed by atoms with Crippen molar-refractivity contribution in [3.63, 3.8) is 0 Å². The maximum absolute atomic E-state index is 4.62. The maximum atomic E-state index is 4.62. The summed E-state index contributed by atoms with van der Waals surface area (Å²) in [4.78, 5) is 4.62. The third kappa shape index (κ3) is 5.96. The van der Waals surface area contributed by atoms with Crippen molar-refractivity contribution in [3.05, 3.63) is 57.3 Å². The van der Waals surface area contributed by atoms with E-state index in [2.05, 4.69) is 71.4 Å². The highest BCUT2D eigenvalue weighted by Gasteiger charge is 2.01. The van der Waals surface area contributed by atoms with Gasteiger partial charge >= 0.3 is 0 Å². The van der Waals surface area contributed by atoms with Crippen molar-refractivity contribution in [3.8, 4) is 0 Å². The van der Waals surface area contributed by atoms with Crippen LogP contribution in [0.25, 0.3) is 0 Å². The van der Waals surface area contributed by atoms with E-state index in [1.165, 1.54) is 22.3 Å². The molecule has 0 unspecified atom stereocenters. The molecule has 0 bridgehead atoms. The predicted molar refractivity (Wildman–Crippen MR) is 107 cm³/mol. The Kier molecular flexibility index (Phi) is 8.48. The third-order valence-electron chi connectivity index (χ3n) is 3.29. The first-order chi connectivity index (χ1) is 10.2. The van der Waals surface area contributed by atoms with Crippen LogP contribution in [-0.4, -0.2) is 12.5 Å². The molecule has 0 amide bonds. The van der Waals surface area contributed by atoms with E-state index >= 15 is 0 Å². The predicted octanol–water partition coefficient (Wildman–Crippen LogP) is 4.24. The van der Waals surface area contributed by atoms with Crippen LogP contribution in [-0.2, 0) is 13.1 Å². The van der Waals surface area contributed by atoms with Crippen molar-refractivity contribution in [2.45, 2.75) is 33.9 Å². The van der Waals surface area contributed by atoms with Crippen molar-refractivity contribution in [2.24, 2.45) is 4.99 Å². The van der Waals surface area contributed by atoms with E-state index in [9.17, 15) is 0 Å². The second kappa shape index (κ2) is 9.84. The molecule has 0 spiro atoms. The monoisotopic (exact) mass is 429 g/mol. The Hall–Kier alpha value is -1.08. The molecule has 1 aromatic heterocycles. The lowest BCUT2D eigenvalue weighted by Crippen LogP contribution is -2.36. The zero-order valence-corrected chi connectivity index (χ0v) is 16.5. The molecule has 0 aliphatic carbocycles. The number of nitrogens with zero attached hydrogens (tertiary/aromatic N) is 1. The van der Waals surface area contributed by atoms with E-state index in [-0.39, 0.29) is 24.0 Å². The number of benzene rings is 1. The molecule has 0 aliphatic heterocycles. The van der Waals surface area contributed by atoms with E-state index in [0.717, 1.165) is 19.0 Å². The van der Waals surface area contributed by atoms with Gasteiger partial charge in [0.15, 0.2) is 5.96 Å². The molecule has 0 radical (unpaired) electrons. The highest BCUT2D eigenvalue weighted by atomic mass is 127. The summed E-state index contributed by atoms with van der Waals surface area (Å²) in [6, 6.07) is 8.66. The number of hydrogen-bond acceptors (Lipinski definition) is 2. The van der Waals surface area contributed by atoms with Gasteiger partial charge in [-0.15, -0.1) is 24.0 Å². The quantitative estimate of drug-likeness (QED) is 0.424. The first-order valence-electron chi connectivity index (χ1n) is 7.28. The first kappa shape index (κ1) is 19.0. The van der Waals surface area contributed by atoms with E-state index in [0.29, 0.717) is 6.54 Å². The summed E-state index contributed by atoms with van der Waals surface area (Å²) in [7, 11) is 0. The summed E-state index contributed by atoms with van der Waals surface area (Å²) in [5, 5.41) is 10.9. The molecule has 0 fully saturated rings. The van der Waals surface area contributed by atoms with Crippen LogP contribution in [0.15, 0.2) is 40.0 Å². The molecule has 2 N–H and O–H groups in total. The summed E-state index contributed by atoms with van der Waals surface area (Å²) in [6.07, 6.45) is 0. The summed E-state index contributed by atoms with van der Waals surface area (Å²) >= 11 is 1.71. The molecule has 0 saturated heterocycles. The van der Waals surface area contributed by atoms with Crippen LogP contribution in [0.2, 0.25) is 0 Å². The van der Waals surface area contributed by atoms with Crippen LogP contribution in [0.5, 0.6) is 0 Å². The number of aliphatic imine (C=N–C) groups is 1. The van der Waals surface area contributed by atoms with Gasteiger partial charge in [-0.25, -0.2) is 4.99 Å². The van der Waals surface area contributed by atoms with Crippen LogP contribution < -0.4 is 10.6 Å². The summed E-state index contributed by atoms with van der Waals surface area (Å²) in [5.74, 6) is 0.865. The molecule has 22 heavy (non-hydrogen) atoms. The summed E-state index contributed by atoms with van der Waals surface area (Å²) < 4.78 is 0. The number of halogens is 1. The first-order valence-corrected chi connectivity index (χ1v) is 8.22. The zero-order valence-electron chi connectivity index (χ0n) is 13.3. The van der Waals surface area contributed by atoms with Crippen molar-refractivity contribution < 1.29 is 0 Å². The van der Waals surface area contributed by atoms with Gasteiger partial charge in [-0.3, -0.25) is 0 Å². The second-order valence-electron chi connectivity index (χ2n) is 5.11. The molecule has 2 aromatic rings. The second-order valence-corrected chi connectivity index (χ2v) is 5.89. The Morgan fingerprint density at radius 3 is 2.64 bits per heavy atom. The lowest BCUT2D eigenvalue weighted by molar-refractivity contribution is 0.813. The number of rotatable bonds is 5. The lowest BCUT2D eigenvalue weighted by atomic mass is 10.1. The van der Waals surface area contributed by atoms with Crippen molar-refractivity contribution in [1.82, 2.24) is 10.6 Å². The zero-order chi connectivity index (χ0) is 15.1. The SMILES string of the molecule is CCNC(=NCc1ccsc1)NCc1ccc(C)cc1C.I. The Morgan fingerprint density at radius 2 is 2.00 bits per heavy atom. The van der Waals surface area contributed by atoms with Crippen molar-refractivity contribution in [2.75, 3.05) is 6.54 Å². The fraction of sp³-hybridized carbons (Fsp3) is 0.353. The van der Waals surface area contributed by atoms with Crippen molar-refractivity contribution in [1.29, 1.82) is 0 Å². The average molecular weight is 429 g/mol. The minimum absolute atomic E-state index is 0. The molecule has 0 saturated carbocycles. The van der Waals surface area contributed by atoms with E-state index < -0.39 is 0 Å². The van der Waals surface area contributed by atoms with Gasteiger partial charge in [-0.05, 0) is 54.3 Å². The van der Waals surface area contributed by atoms with E-state index in [1.54, 1.807) is 11.3 Å². The fourth-order valence-corrected chi connectivity index (χ4v) is 2.78. The van der Waals surface area contributed by atoms with E-state index in [1.807, 2.05) is 0 Å². The summed E-state index contributed by atoms with van der Waals surface area (Å²) in [5.41, 5.74) is 5.18. The Bertz CT molecular complexity index is 594. The highest BCUT2D eigenvalue weighted by Crippen LogP contribution is 2.10. The molecule has 2 rings (SSSR count). The number of thiophene rings is 1. The van der Waals surface area contributed by atoms with Gasteiger partial charge in [0, 0.05) is 13.1 Å². The lowest BCUT2D eigenvalue weighted by Gasteiger charge is -2.13. The molecule has 120 valence electrons. The van der Waals surface area contributed by atoms with Crippen LogP contribution in [0.1, 0.15) is 29.2 Å². The van der Waals surface area contributed by atoms with Gasteiger partial charge in [0.25, 0.3) is 0 Å². The number of hydrogen-bond donors (Lipinski definition) is 2. The number of aryl methyl sites for hydroxylation is 2.